The largest absolute Gasteiger partial charge is 0.369 e. The van der Waals surface area contributed by atoms with Crippen LogP contribution in [-0.2, 0) is 4.79 Å². The third kappa shape index (κ3) is 4.77. The summed E-state index contributed by atoms with van der Waals surface area (Å²) in [5, 5.41) is 3.96. The summed E-state index contributed by atoms with van der Waals surface area (Å²) >= 11 is 0. The molecule has 4 heterocycles. The van der Waals surface area contributed by atoms with Crippen molar-refractivity contribution >= 4 is 51.3 Å². The Balaban J connectivity index is 1.25. The van der Waals surface area contributed by atoms with Gasteiger partial charge in [-0.2, -0.15) is 4.98 Å². The molecule has 0 radical (unpaired) electrons. The van der Waals surface area contributed by atoms with Gasteiger partial charge >= 0.3 is 0 Å². The SMILES string of the molecule is C=CC(=O)N1CCN(c2cc3cnc(Nc4ccc(N5CCN(C)CC5)cc4)nc3[nH]c2=O)c2cccc(C)c21. The van der Waals surface area contributed by atoms with E-state index in [4.69, 9.17) is 0 Å². The fraction of sp³-hybridized carbons (Fsp3) is 0.267. The standard InChI is InChI=1S/C30H32N8O2/c1-4-26(39)38-17-16-37(24-7-5-6-20(2)27(24)38)25-18-21-19-31-30(34-28(21)33-29(25)40)32-22-8-10-23(11-9-22)36-14-12-35(3)13-15-36/h4-11,18-19H,1,12-17H2,2-3H3,(H2,31,32,33,34,40). The van der Waals surface area contributed by atoms with Crippen LogP contribution in [0.1, 0.15) is 5.56 Å². The summed E-state index contributed by atoms with van der Waals surface area (Å²) in [6.45, 7) is 10.6. The van der Waals surface area contributed by atoms with E-state index >= 15 is 0 Å². The molecule has 10 nitrogen and oxygen atoms in total. The Morgan fingerprint density at radius 1 is 1.02 bits per heavy atom. The Bertz CT molecular complexity index is 1640. The van der Waals surface area contributed by atoms with Crippen LogP contribution in [0.3, 0.4) is 0 Å². The summed E-state index contributed by atoms with van der Waals surface area (Å²) in [7, 11) is 2.15. The van der Waals surface area contributed by atoms with Crippen molar-refractivity contribution in [2.24, 2.45) is 0 Å². The lowest BCUT2D eigenvalue weighted by molar-refractivity contribution is -0.114. The van der Waals surface area contributed by atoms with Gasteiger partial charge in [0.1, 0.15) is 11.3 Å². The zero-order chi connectivity index (χ0) is 27.8. The number of rotatable bonds is 5. The molecular formula is C30H32N8O2. The minimum Gasteiger partial charge on any atom is -0.369 e. The highest BCUT2D eigenvalue weighted by atomic mass is 16.2. The third-order valence-electron chi connectivity index (χ3n) is 7.62. The summed E-state index contributed by atoms with van der Waals surface area (Å²) in [6, 6.07) is 15.9. The highest BCUT2D eigenvalue weighted by Gasteiger charge is 2.29. The molecule has 2 aromatic heterocycles. The van der Waals surface area contributed by atoms with Crippen LogP contribution in [0.5, 0.6) is 0 Å². The molecule has 4 aromatic rings. The van der Waals surface area contributed by atoms with Crippen LogP contribution in [0, 0.1) is 6.92 Å². The smallest absolute Gasteiger partial charge is 0.273 e. The van der Waals surface area contributed by atoms with Crippen LogP contribution in [0.25, 0.3) is 11.0 Å². The van der Waals surface area contributed by atoms with Gasteiger partial charge in [0.2, 0.25) is 5.95 Å². The van der Waals surface area contributed by atoms with Gasteiger partial charge in [0.25, 0.3) is 11.5 Å². The van der Waals surface area contributed by atoms with Gasteiger partial charge in [0.05, 0.1) is 11.4 Å². The molecule has 0 saturated carbocycles. The normalized spacial score (nSPS) is 15.7. The fourth-order valence-corrected chi connectivity index (χ4v) is 5.42. The maximum Gasteiger partial charge on any atom is 0.273 e. The molecule has 1 fully saturated rings. The summed E-state index contributed by atoms with van der Waals surface area (Å²) in [5.41, 5.74) is 5.27. The second-order valence-electron chi connectivity index (χ2n) is 10.2. The van der Waals surface area contributed by atoms with E-state index in [1.807, 2.05) is 42.2 Å². The van der Waals surface area contributed by atoms with Crippen LogP contribution in [-0.4, -0.2) is 72.1 Å². The molecule has 6 rings (SSSR count). The number of amides is 1. The first-order valence-electron chi connectivity index (χ1n) is 13.4. The van der Waals surface area contributed by atoms with Gasteiger partial charge in [-0.15, -0.1) is 0 Å². The highest BCUT2D eigenvalue weighted by molar-refractivity contribution is 6.05. The zero-order valence-corrected chi connectivity index (χ0v) is 22.7. The van der Waals surface area contributed by atoms with Crippen molar-refractivity contribution in [1.82, 2.24) is 19.9 Å². The number of carbonyl (C=O) groups excluding carboxylic acids is 1. The van der Waals surface area contributed by atoms with Crippen LogP contribution in [0.4, 0.5) is 34.4 Å². The van der Waals surface area contributed by atoms with E-state index in [1.165, 1.54) is 11.8 Å². The number of piperazine rings is 1. The van der Waals surface area contributed by atoms with Gasteiger partial charge in [-0.25, -0.2) is 4.98 Å². The second kappa shape index (κ2) is 10.5. The number of carbonyl (C=O) groups is 1. The van der Waals surface area contributed by atoms with Crippen molar-refractivity contribution < 1.29 is 4.79 Å². The Kier molecular flexibility index (Phi) is 6.69. The first-order chi connectivity index (χ1) is 19.4. The highest BCUT2D eigenvalue weighted by Crippen LogP contribution is 2.39. The number of aromatic nitrogens is 3. The van der Waals surface area contributed by atoms with Crippen molar-refractivity contribution in [3.8, 4) is 0 Å². The molecule has 204 valence electrons. The lowest BCUT2D eigenvalue weighted by Crippen LogP contribution is -2.44. The minimum atomic E-state index is -0.260. The number of fused-ring (bicyclic) bond motifs is 2. The Hall–Kier alpha value is -4.70. The predicted molar refractivity (Wildman–Crippen MR) is 160 cm³/mol. The van der Waals surface area contributed by atoms with Crippen molar-refractivity contribution in [2.45, 2.75) is 6.92 Å². The van der Waals surface area contributed by atoms with Crippen molar-refractivity contribution in [3.63, 3.8) is 0 Å². The number of anilines is 6. The van der Waals surface area contributed by atoms with Gasteiger partial charge in [-0.3, -0.25) is 9.59 Å². The molecule has 0 atom stereocenters. The first kappa shape index (κ1) is 25.6. The van der Waals surface area contributed by atoms with Crippen LogP contribution in [0.2, 0.25) is 0 Å². The third-order valence-corrected chi connectivity index (χ3v) is 7.62. The molecule has 0 spiro atoms. The zero-order valence-electron chi connectivity index (χ0n) is 22.7. The van der Waals surface area contributed by atoms with E-state index in [0.29, 0.717) is 35.8 Å². The molecule has 1 amide bonds. The monoisotopic (exact) mass is 536 g/mol. The van der Waals surface area contributed by atoms with E-state index < -0.39 is 0 Å². The fourth-order valence-electron chi connectivity index (χ4n) is 5.42. The minimum absolute atomic E-state index is 0.162. The average Bonchev–Trinajstić information content (AvgIpc) is 2.97. The van der Waals surface area contributed by atoms with Gasteiger partial charge in [0, 0.05) is 62.2 Å². The molecule has 2 N–H and O–H groups in total. The summed E-state index contributed by atoms with van der Waals surface area (Å²) in [5.74, 6) is 0.241. The molecule has 2 aromatic carbocycles. The van der Waals surface area contributed by atoms with Crippen molar-refractivity contribution in [1.29, 1.82) is 0 Å². The van der Waals surface area contributed by atoms with E-state index in [1.54, 1.807) is 17.2 Å². The number of nitrogens with zero attached hydrogens (tertiary/aromatic N) is 6. The maximum absolute atomic E-state index is 13.3. The van der Waals surface area contributed by atoms with Gasteiger partial charge < -0.3 is 29.9 Å². The Morgan fingerprint density at radius 3 is 2.55 bits per heavy atom. The molecule has 0 aliphatic carbocycles. The molecule has 0 bridgehead atoms. The molecule has 2 aliphatic heterocycles. The maximum atomic E-state index is 13.3. The lowest BCUT2D eigenvalue weighted by Gasteiger charge is -2.38. The van der Waals surface area contributed by atoms with E-state index in [0.717, 1.165) is 48.8 Å². The molecule has 0 unspecified atom stereocenters. The van der Waals surface area contributed by atoms with E-state index in [-0.39, 0.29) is 11.5 Å². The summed E-state index contributed by atoms with van der Waals surface area (Å²) in [4.78, 5) is 46.2. The number of pyridine rings is 1. The second-order valence-corrected chi connectivity index (χ2v) is 10.2. The molecule has 1 saturated heterocycles. The summed E-state index contributed by atoms with van der Waals surface area (Å²) < 4.78 is 0. The van der Waals surface area contributed by atoms with Crippen LogP contribution < -0.4 is 25.6 Å². The van der Waals surface area contributed by atoms with Crippen molar-refractivity contribution in [2.75, 3.05) is 66.3 Å². The van der Waals surface area contributed by atoms with Crippen LogP contribution >= 0.6 is 0 Å². The number of aromatic amines is 1. The van der Waals surface area contributed by atoms with Gasteiger partial charge in [0.15, 0.2) is 0 Å². The molecule has 40 heavy (non-hydrogen) atoms. The molecular weight excluding hydrogens is 504 g/mol. The number of nitrogens with one attached hydrogen (secondary N) is 2. The number of likely N-dealkylation sites (N-methyl/N-ethyl adjacent to an activating group) is 1. The molecule has 2 aliphatic rings. The quantitative estimate of drug-likeness (QED) is 0.372. The average molecular weight is 537 g/mol. The topological polar surface area (TPSA) is 101 Å². The Morgan fingerprint density at radius 2 is 1.80 bits per heavy atom. The Labute approximate surface area is 232 Å². The number of hydrogen-bond donors (Lipinski definition) is 2. The predicted octanol–water partition coefficient (Wildman–Crippen LogP) is 3.79. The van der Waals surface area contributed by atoms with Gasteiger partial charge in [-0.05, 0) is 62.0 Å². The van der Waals surface area contributed by atoms with Crippen molar-refractivity contribution in [3.05, 3.63) is 83.3 Å². The molecule has 10 heteroatoms. The number of aryl methyl sites for hydroxylation is 1. The number of para-hydroxylation sites is 1. The van der Waals surface area contributed by atoms with Crippen LogP contribution in [0.15, 0.2) is 72.2 Å². The van der Waals surface area contributed by atoms with E-state index in [9.17, 15) is 9.59 Å². The number of benzene rings is 2. The summed E-state index contributed by atoms with van der Waals surface area (Å²) in [6.07, 6.45) is 3.02. The number of H-pyrrole nitrogens is 1. The van der Waals surface area contributed by atoms with Gasteiger partial charge in [-0.1, -0.05) is 18.7 Å². The lowest BCUT2D eigenvalue weighted by atomic mass is 10.1. The number of hydrogen-bond acceptors (Lipinski definition) is 8. The first-order valence-corrected chi connectivity index (χ1v) is 13.4. The van der Waals surface area contributed by atoms with E-state index in [2.05, 4.69) is 55.8 Å².